The zero-order valence-electron chi connectivity index (χ0n) is 15.8. The smallest absolute Gasteiger partial charge is 0.327 e. The first kappa shape index (κ1) is 18.8. The molecule has 0 unspecified atom stereocenters. The molecule has 1 fully saturated rings. The van der Waals surface area contributed by atoms with Gasteiger partial charge in [0.05, 0.1) is 13.2 Å². The van der Waals surface area contributed by atoms with E-state index in [1.54, 1.807) is 31.3 Å². The zero-order valence-corrected chi connectivity index (χ0v) is 15.8. The Bertz CT molecular complexity index is 889. The summed E-state index contributed by atoms with van der Waals surface area (Å²) in [4.78, 5) is 27.0. The number of hydrogen-bond acceptors (Lipinski definition) is 3. The van der Waals surface area contributed by atoms with Crippen molar-refractivity contribution in [3.63, 3.8) is 0 Å². The number of rotatable bonds is 4. The average molecular weight is 367 g/mol. The Morgan fingerprint density at radius 3 is 2.30 bits per heavy atom. The van der Waals surface area contributed by atoms with Crippen LogP contribution in [0.25, 0.3) is 6.08 Å². The lowest BCUT2D eigenvalue weighted by Gasteiger charge is -2.51. The molecule has 0 aliphatic carbocycles. The molecule has 1 aliphatic rings. The van der Waals surface area contributed by atoms with Crippen LogP contribution in [0.15, 0.2) is 48.5 Å². The number of amides is 1. The molecule has 0 saturated carbocycles. The van der Waals surface area contributed by atoms with E-state index in [2.05, 4.69) is 6.07 Å². The summed E-state index contributed by atoms with van der Waals surface area (Å²) in [6.07, 6.45) is 3.39. The number of hydrogen-bond donors (Lipinski definition) is 0. The predicted molar refractivity (Wildman–Crippen MR) is 101 cm³/mol. The van der Waals surface area contributed by atoms with E-state index in [-0.39, 0.29) is 11.7 Å². The second-order valence-electron chi connectivity index (χ2n) is 6.99. The fourth-order valence-electron chi connectivity index (χ4n) is 3.83. The third-order valence-electron chi connectivity index (χ3n) is 4.98. The fourth-order valence-corrected chi connectivity index (χ4v) is 3.83. The van der Waals surface area contributed by atoms with E-state index in [4.69, 9.17) is 4.74 Å². The van der Waals surface area contributed by atoms with Crippen molar-refractivity contribution in [1.82, 2.24) is 4.90 Å². The number of esters is 1. The van der Waals surface area contributed by atoms with Crippen molar-refractivity contribution in [3.05, 3.63) is 76.6 Å². The van der Waals surface area contributed by atoms with Gasteiger partial charge in [-0.1, -0.05) is 53.6 Å². The van der Waals surface area contributed by atoms with Gasteiger partial charge in [-0.25, -0.2) is 4.39 Å². The maximum absolute atomic E-state index is 13.3. The molecular weight excluding hydrogens is 345 g/mol. The second-order valence-corrected chi connectivity index (χ2v) is 6.99. The normalized spacial score (nSPS) is 22.0. The number of β-lactam (4-membered cyclic amide) rings is 1. The van der Waals surface area contributed by atoms with Crippen molar-refractivity contribution in [2.45, 2.75) is 19.9 Å². The highest BCUT2D eigenvalue weighted by atomic mass is 19.1. The van der Waals surface area contributed by atoms with E-state index in [0.717, 1.165) is 16.7 Å². The Kier molecular flexibility index (Phi) is 4.87. The Morgan fingerprint density at radius 2 is 1.74 bits per heavy atom. The molecule has 2 atom stereocenters. The average Bonchev–Trinajstić information content (AvgIpc) is 2.64. The molecule has 0 bridgehead atoms. The van der Waals surface area contributed by atoms with Crippen LogP contribution in [0.4, 0.5) is 4.39 Å². The molecule has 3 rings (SSSR count). The summed E-state index contributed by atoms with van der Waals surface area (Å²) in [5.41, 5.74) is 2.30. The zero-order chi connectivity index (χ0) is 19.8. The third-order valence-corrected chi connectivity index (χ3v) is 4.98. The lowest BCUT2D eigenvalue weighted by molar-refractivity contribution is -0.180. The van der Waals surface area contributed by atoms with Gasteiger partial charge in [-0.2, -0.15) is 0 Å². The largest absolute Gasteiger partial charge is 0.468 e. The maximum atomic E-state index is 13.3. The number of halogens is 1. The highest BCUT2D eigenvalue weighted by molar-refractivity contribution is 6.11. The van der Waals surface area contributed by atoms with E-state index in [9.17, 15) is 14.0 Å². The van der Waals surface area contributed by atoms with Crippen molar-refractivity contribution >= 4 is 18.0 Å². The first-order valence-corrected chi connectivity index (χ1v) is 8.68. The SMILES string of the molecule is COC(=O)[C@]1(/C=C/c2cc(C)cc(C)c2)C(=O)N(C)[C@@H]1c1ccc(F)cc1. The van der Waals surface area contributed by atoms with E-state index < -0.39 is 17.4 Å². The molecule has 0 radical (unpaired) electrons. The van der Waals surface area contributed by atoms with Crippen LogP contribution in [0.3, 0.4) is 0 Å². The highest BCUT2D eigenvalue weighted by Gasteiger charge is 2.64. The Morgan fingerprint density at radius 1 is 1.15 bits per heavy atom. The van der Waals surface area contributed by atoms with Crippen LogP contribution in [0.1, 0.15) is 28.3 Å². The summed E-state index contributed by atoms with van der Waals surface area (Å²) < 4.78 is 18.3. The summed E-state index contributed by atoms with van der Waals surface area (Å²) in [5.74, 6) is -1.34. The van der Waals surface area contributed by atoms with Gasteiger partial charge >= 0.3 is 5.97 Å². The number of aryl methyl sites for hydroxylation is 2. The highest BCUT2D eigenvalue weighted by Crippen LogP contribution is 2.51. The van der Waals surface area contributed by atoms with Crippen LogP contribution in [0, 0.1) is 25.1 Å². The number of nitrogens with zero attached hydrogens (tertiary/aromatic N) is 1. The monoisotopic (exact) mass is 367 g/mol. The molecule has 4 nitrogen and oxygen atoms in total. The van der Waals surface area contributed by atoms with Crippen molar-refractivity contribution < 1.29 is 18.7 Å². The number of ether oxygens (including phenoxy) is 1. The maximum Gasteiger partial charge on any atom is 0.327 e. The number of methoxy groups -OCH3 is 1. The Balaban J connectivity index is 2.07. The van der Waals surface area contributed by atoms with Gasteiger partial charge in [0, 0.05) is 7.05 Å². The lowest BCUT2D eigenvalue weighted by atomic mass is 9.67. The molecule has 0 aromatic heterocycles. The van der Waals surface area contributed by atoms with Crippen molar-refractivity contribution in [2.24, 2.45) is 5.41 Å². The summed E-state index contributed by atoms with van der Waals surface area (Å²) in [5, 5.41) is 0. The summed E-state index contributed by atoms with van der Waals surface area (Å²) >= 11 is 0. The van der Waals surface area contributed by atoms with Gasteiger partial charge in [-0.05, 0) is 37.1 Å². The number of likely N-dealkylation sites (tertiary alicyclic amines) is 1. The van der Waals surface area contributed by atoms with Crippen LogP contribution >= 0.6 is 0 Å². The van der Waals surface area contributed by atoms with Crippen molar-refractivity contribution in [1.29, 1.82) is 0 Å². The van der Waals surface area contributed by atoms with Crippen molar-refractivity contribution in [3.8, 4) is 0 Å². The Hall–Kier alpha value is -2.95. The van der Waals surface area contributed by atoms with Crippen LogP contribution in [0.2, 0.25) is 0 Å². The standard InChI is InChI=1S/C22H22FNO3/c1-14-11-15(2)13-16(12-14)9-10-22(21(26)27-4)19(24(3)20(22)25)17-5-7-18(23)8-6-17/h5-13,19H,1-4H3/b10-9+/t19-,22+/m1/s1. The number of carbonyl (C=O) groups is 2. The molecule has 140 valence electrons. The van der Waals surface area contributed by atoms with Gasteiger partial charge in [-0.15, -0.1) is 0 Å². The first-order valence-electron chi connectivity index (χ1n) is 8.68. The molecule has 1 saturated heterocycles. The van der Waals surface area contributed by atoms with Gasteiger partial charge in [0.15, 0.2) is 5.41 Å². The lowest BCUT2D eigenvalue weighted by Crippen LogP contribution is -2.64. The van der Waals surface area contributed by atoms with Crippen LogP contribution < -0.4 is 0 Å². The van der Waals surface area contributed by atoms with Crippen LogP contribution in [0.5, 0.6) is 0 Å². The molecule has 5 heteroatoms. The molecule has 2 aromatic rings. The molecule has 1 amide bonds. The van der Waals surface area contributed by atoms with E-state index >= 15 is 0 Å². The predicted octanol–water partition coefficient (Wildman–Crippen LogP) is 3.83. The second kappa shape index (κ2) is 6.99. The number of carbonyl (C=O) groups excluding carboxylic acids is 2. The Labute approximate surface area is 158 Å². The molecule has 1 aliphatic heterocycles. The minimum absolute atomic E-state index is 0.343. The molecule has 0 N–H and O–H groups in total. The fraction of sp³-hybridized carbons (Fsp3) is 0.273. The first-order chi connectivity index (χ1) is 12.8. The summed E-state index contributed by atoms with van der Waals surface area (Å²) in [6.45, 7) is 3.98. The molecule has 1 heterocycles. The van der Waals surface area contributed by atoms with E-state index in [1.807, 2.05) is 26.0 Å². The van der Waals surface area contributed by atoms with Gasteiger partial charge in [0.1, 0.15) is 5.82 Å². The topological polar surface area (TPSA) is 46.6 Å². The summed E-state index contributed by atoms with van der Waals surface area (Å²) in [6, 6.07) is 11.3. The number of benzene rings is 2. The molecule has 2 aromatic carbocycles. The van der Waals surface area contributed by atoms with Crippen LogP contribution in [-0.2, 0) is 14.3 Å². The quantitative estimate of drug-likeness (QED) is 0.469. The van der Waals surface area contributed by atoms with Crippen molar-refractivity contribution in [2.75, 3.05) is 14.2 Å². The summed E-state index contributed by atoms with van der Waals surface area (Å²) in [7, 11) is 2.89. The van der Waals surface area contributed by atoms with Gasteiger partial charge in [-0.3, -0.25) is 9.59 Å². The van der Waals surface area contributed by atoms with Gasteiger partial charge in [0.25, 0.3) is 0 Å². The van der Waals surface area contributed by atoms with Gasteiger partial charge < -0.3 is 9.64 Å². The molecule has 27 heavy (non-hydrogen) atoms. The van der Waals surface area contributed by atoms with E-state index in [0.29, 0.717) is 5.56 Å². The molecule has 0 spiro atoms. The van der Waals surface area contributed by atoms with Gasteiger partial charge in [0.2, 0.25) is 5.91 Å². The molecular formula is C22H22FNO3. The third kappa shape index (κ3) is 3.14. The minimum Gasteiger partial charge on any atom is -0.468 e. The minimum atomic E-state index is -1.46. The van der Waals surface area contributed by atoms with Crippen LogP contribution in [-0.4, -0.2) is 30.9 Å². The van der Waals surface area contributed by atoms with E-state index in [1.165, 1.54) is 24.1 Å².